The molecule has 0 spiro atoms. The van der Waals surface area contributed by atoms with E-state index in [2.05, 4.69) is 20.7 Å². The SMILES string of the molecule is COCC(NS(=O)(=O)c1sc(C)cc1Br)c1ccco1. The van der Waals surface area contributed by atoms with Crippen LogP contribution in [0.25, 0.3) is 0 Å². The van der Waals surface area contributed by atoms with Crippen LogP contribution < -0.4 is 4.72 Å². The lowest BCUT2D eigenvalue weighted by Gasteiger charge is -2.15. The highest BCUT2D eigenvalue weighted by Gasteiger charge is 2.26. The van der Waals surface area contributed by atoms with E-state index in [-0.39, 0.29) is 10.8 Å². The van der Waals surface area contributed by atoms with E-state index in [4.69, 9.17) is 9.15 Å². The smallest absolute Gasteiger partial charge is 0.251 e. The van der Waals surface area contributed by atoms with Crippen LogP contribution in [0.2, 0.25) is 0 Å². The highest BCUT2D eigenvalue weighted by atomic mass is 79.9. The average Bonchev–Trinajstić information content (AvgIpc) is 2.98. The molecule has 8 heteroatoms. The second-order valence-corrected chi connectivity index (χ2v) is 8.16. The topological polar surface area (TPSA) is 68.5 Å². The normalized spacial score (nSPS) is 13.6. The molecule has 20 heavy (non-hydrogen) atoms. The minimum Gasteiger partial charge on any atom is -0.468 e. The molecule has 0 bridgehead atoms. The van der Waals surface area contributed by atoms with Gasteiger partial charge in [0.25, 0.3) is 10.0 Å². The Morgan fingerprint density at radius 3 is 2.80 bits per heavy atom. The van der Waals surface area contributed by atoms with E-state index in [1.807, 2.05) is 6.92 Å². The molecule has 0 radical (unpaired) electrons. The van der Waals surface area contributed by atoms with Gasteiger partial charge in [0, 0.05) is 16.5 Å². The molecule has 2 rings (SSSR count). The van der Waals surface area contributed by atoms with Gasteiger partial charge in [-0.2, -0.15) is 4.72 Å². The third kappa shape index (κ3) is 3.50. The number of ether oxygens (including phenoxy) is 1. The number of hydrogen-bond acceptors (Lipinski definition) is 5. The summed E-state index contributed by atoms with van der Waals surface area (Å²) in [4.78, 5) is 0.915. The fraction of sp³-hybridized carbons (Fsp3) is 0.333. The van der Waals surface area contributed by atoms with Crippen LogP contribution in [0.15, 0.2) is 37.6 Å². The summed E-state index contributed by atoms with van der Waals surface area (Å²) in [6.07, 6.45) is 1.50. The lowest BCUT2D eigenvalue weighted by atomic mass is 10.2. The quantitative estimate of drug-likeness (QED) is 0.836. The molecule has 0 aliphatic heterocycles. The minimum atomic E-state index is -3.64. The van der Waals surface area contributed by atoms with Crippen LogP contribution in [0, 0.1) is 6.92 Å². The standard InChI is InChI=1S/C12H14BrNO4S2/c1-8-6-9(13)12(19-8)20(15,16)14-10(7-17-2)11-4-3-5-18-11/h3-6,10,14H,7H2,1-2H3. The number of methoxy groups -OCH3 is 1. The molecule has 110 valence electrons. The lowest BCUT2D eigenvalue weighted by molar-refractivity contribution is 0.166. The molecule has 2 aromatic heterocycles. The van der Waals surface area contributed by atoms with Crippen molar-refractivity contribution in [2.45, 2.75) is 17.2 Å². The van der Waals surface area contributed by atoms with E-state index in [9.17, 15) is 8.42 Å². The monoisotopic (exact) mass is 379 g/mol. The van der Waals surface area contributed by atoms with E-state index in [1.165, 1.54) is 24.7 Å². The van der Waals surface area contributed by atoms with Crippen molar-refractivity contribution in [3.63, 3.8) is 0 Å². The summed E-state index contributed by atoms with van der Waals surface area (Å²) < 4.78 is 38.5. The van der Waals surface area contributed by atoms with Crippen molar-refractivity contribution in [3.05, 3.63) is 39.6 Å². The van der Waals surface area contributed by atoms with Gasteiger partial charge in [0.2, 0.25) is 0 Å². The predicted molar refractivity (Wildman–Crippen MR) is 80.4 cm³/mol. The largest absolute Gasteiger partial charge is 0.468 e. The first-order valence-corrected chi connectivity index (χ1v) is 8.84. The van der Waals surface area contributed by atoms with Gasteiger partial charge in [0.15, 0.2) is 0 Å². The van der Waals surface area contributed by atoms with Gasteiger partial charge in [0.05, 0.1) is 12.9 Å². The van der Waals surface area contributed by atoms with Gasteiger partial charge in [0.1, 0.15) is 16.0 Å². The number of halogens is 1. The first-order chi connectivity index (χ1) is 9.44. The molecule has 0 fully saturated rings. The van der Waals surface area contributed by atoms with Crippen molar-refractivity contribution in [2.24, 2.45) is 0 Å². The second kappa shape index (κ2) is 6.40. The van der Waals surface area contributed by atoms with Crippen molar-refractivity contribution in [1.82, 2.24) is 4.72 Å². The van der Waals surface area contributed by atoms with Gasteiger partial charge in [-0.15, -0.1) is 11.3 Å². The van der Waals surface area contributed by atoms with E-state index < -0.39 is 16.1 Å². The van der Waals surface area contributed by atoms with E-state index >= 15 is 0 Å². The molecule has 2 heterocycles. The molecule has 0 amide bonds. The van der Waals surface area contributed by atoms with Crippen LogP contribution in [0.4, 0.5) is 0 Å². The van der Waals surface area contributed by atoms with Crippen LogP contribution in [0.5, 0.6) is 0 Å². The summed E-state index contributed by atoms with van der Waals surface area (Å²) in [6.45, 7) is 2.04. The molecule has 1 atom stereocenters. The zero-order valence-corrected chi connectivity index (χ0v) is 14.1. The van der Waals surface area contributed by atoms with Gasteiger partial charge >= 0.3 is 0 Å². The fourth-order valence-corrected chi connectivity index (χ4v) is 5.68. The summed E-state index contributed by atoms with van der Waals surface area (Å²) in [6, 6.07) is 4.63. The molecule has 5 nitrogen and oxygen atoms in total. The predicted octanol–water partition coefficient (Wildman–Crippen LogP) is 3.08. The van der Waals surface area contributed by atoms with Crippen LogP contribution >= 0.6 is 27.3 Å². The van der Waals surface area contributed by atoms with Crippen molar-refractivity contribution < 1.29 is 17.6 Å². The van der Waals surface area contributed by atoms with E-state index in [0.717, 1.165) is 4.88 Å². The number of nitrogens with one attached hydrogen (secondary N) is 1. The maximum atomic E-state index is 12.4. The van der Waals surface area contributed by atoms with Crippen LogP contribution in [-0.4, -0.2) is 22.1 Å². The number of rotatable bonds is 6. The zero-order valence-electron chi connectivity index (χ0n) is 10.9. The summed E-state index contributed by atoms with van der Waals surface area (Å²) in [5, 5.41) is 0. The number of furan rings is 1. The Balaban J connectivity index is 2.28. The fourth-order valence-electron chi connectivity index (χ4n) is 1.72. The maximum absolute atomic E-state index is 12.4. The summed E-state index contributed by atoms with van der Waals surface area (Å²) in [5.41, 5.74) is 0. The number of sulfonamides is 1. The molecule has 0 aromatic carbocycles. The molecule has 0 aliphatic rings. The molecule has 1 unspecified atom stereocenters. The van der Waals surface area contributed by atoms with Gasteiger partial charge < -0.3 is 9.15 Å². The Morgan fingerprint density at radius 1 is 1.55 bits per heavy atom. The summed E-state index contributed by atoms with van der Waals surface area (Å²) in [5.74, 6) is 0.514. The molecule has 2 aromatic rings. The Kier molecular flexibility index (Phi) is 5.03. The van der Waals surface area contributed by atoms with Crippen molar-refractivity contribution in [3.8, 4) is 0 Å². The summed E-state index contributed by atoms with van der Waals surface area (Å²) in [7, 11) is -2.13. The third-order valence-electron chi connectivity index (χ3n) is 2.54. The van der Waals surface area contributed by atoms with Crippen LogP contribution in [0.1, 0.15) is 16.7 Å². The Hall–Kier alpha value is -0.670. The first kappa shape index (κ1) is 15.7. The maximum Gasteiger partial charge on any atom is 0.251 e. The zero-order chi connectivity index (χ0) is 14.8. The van der Waals surface area contributed by atoms with Crippen LogP contribution in [0.3, 0.4) is 0 Å². The second-order valence-electron chi connectivity index (χ2n) is 4.14. The highest BCUT2D eigenvalue weighted by Crippen LogP contribution is 2.32. The van der Waals surface area contributed by atoms with E-state index in [1.54, 1.807) is 18.2 Å². The Labute approximate surface area is 130 Å². The summed E-state index contributed by atoms with van der Waals surface area (Å²) >= 11 is 4.48. The number of thiophene rings is 1. The van der Waals surface area contributed by atoms with E-state index in [0.29, 0.717) is 10.2 Å². The molecular weight excluding hydrogens is 366 g/mol. The van der Waals surface area contributed by atoms with Gasteiger partial charge in [-0.05, 0) is 41.1 Å². The average molecular weight is 380 g/mol. The molecule has 0 aliphatic carbocycles. The lowest BCUT2D eigenvalue weighted by Crippen LogP contribution is -2.30. The van der Waals surface area contributed by atoms with Crippen molar-refractivity contribution in [2.75, 3.05) is 13.7 Å². The van der Waals surface area contributed by atoms with Crippen LogP contribution in [-0.2, 0) is 14.8 Å². The highest BCUT2D eigenvalue weighted by molar-refractivity contribution is 9.10. The minimum absolute atomic E-state index is 0.189. The number of hydrogen-bond donors (Lipinski definition) is 1. The molecule has 0 saturated heterocycles. The molecular formula is C12H14BrNO4S2. The number of aryl methyl sites for hydroxylation is 1. The first-order valence-electron chi connectivity index (χ1n) is 5.74. The molecule has 1 N–H and O–H groups in total. The van der Waals surface area contributed by atoms with Gasteiger partial charge in [-0.1, -0.05) is 0 Å². The molecule has 0 saturated carbocycles. The van der Waals surface area contributed by atoms with Crippen molar-refractivity contribution >= 4 is 37.3 Å². The van der Waals surface area contributed by atoms with Crippen molar-refractivity contribution in [1.29, 1.82) is 0 Å². The van der Waals surface area contributed by atoms with Gasteiger partial charge in [-0.25, -0.2) is 8.42 Å². The van der Waals surface area contributed by atoms with Gasteiger partial charge in [-0.3, -0.25) is 0 Å². The Bertz CT molecular complexity index is 664. The Morgan fingerprint density at radius 2 is 2.30 bits per heavy atom. The third-order valence-corrected chi connectivity index (χ3v) is 6.75.